The van der Waals surface area contributed by atoms with Crippen molar-refractivity contribution in [1.29, 1.82) is 0 Å². The molecule has 1 amide bonds. The van der Waals surface area contributed by atoms with Crippen LogP contribution in [0.5, 0.6) is 0 Å². The van der Waals surface area contributed by atoms with Crippen molar-refractivity contribution in [2.24, 2.45) is 0 Å². The Balaban J connectivity index is 1.65. The molecule has 3 aromatic heterocycles. The van der Waals surface area contributed by atoms with Crippen molar-refractivity contribution in [3.8, 4) is 0 Å². The van der Waals surface area contributed by atoms with Gasteiger partial charge in [0.25, 0.3) is 5.91 Å². The second-order valence-electron chi connectivity index (χ2n) is 6.33. The van der Waals surface area contributed by atoms with Crippen LogP contribution >= 0.6 is 22.7 Å². The first-order chi connectivity index (χ1) is 12.6. The van der Waals surface area contributed by atoms with Crippen molar-refractivity contribution in [2.75, 3.05) is 5.32 Å². The molecule has 0 aliphatic rings. The molecular formula is C19H18N4OS2. The summed E-state index contributed by atoms with van der Waals surface area (Å²) >= 11 is 3.06. The fourth-order valence-corrected chi connectivity index (χ4v) is 4.34. The van der Waals surface area contributed by atoms with Gasteiger partial charge in [0, 0.05) is 12.5 Å². The highest BCUT2D eigenvalue weighted by atomic mass is 32.1. The zero-order valence-electron chi connectivity index (χ0n) is 14.5. The smallest absolute Gasteiger partial charge is 0.274 e. The molecule has 0 radical (unpaired) electrons. The number of benzene rings is 1. The summed E-state index contributed by atoms with van der Waals surface area (Å²) in [4.78, 5) is 12.9. The number of thiophene rings is 1. The molecule has 7 heteroatoms. The molecular weight excluding hydrogens is 364 g/mol. The summed E-state index contributed by atoms with van der Waals surface area (Å²) in [5.74, 6) is 0.140. The van der Waals surface area contributed by atoms with Crippen LogP contribution in [0.2, 0.25) is 0 Å². The quantitative estimate of drug-likeness (QED) is 0.530. The van der Waals surface area contributed by atoms with Crippen molar-refractivity contribution in [2.45, 2.75) is 26.3 Å². The van der Waals surface area contributed by atoms with Gasteiger partial charge in [-0.25, -0.2) is 0 Å². The molecule has 26 heavy (non-hydrogen) atoms. The lowest BCUT2D eigenvalue weighted by Crippen LogP contribution is -2.17. The second kappa shape index (κ2) is 7.01. The fourth-order valence-electron chi connectivity index (χ4n) is 2.78. The maximum absolute atomic E-state index is 12.9. The van der Waals surface area contributed by atoms with E-state index in [4.69, 9.17) is 0 Å². The molecule has 4 aromatic rings. The van der Waals surface area contributed by atoms with Crippen LogP contribution in [0.1, 0.15) is 40.8 Å². The van der Waals surface area contributed by atoms with Crippen molar-refractivity contribution >= 4 is 43.9 Å². The van der Waals surface area contributed by atoms with Gasteiger partial charge in [0.2, 0.25) is 5.13 Å². The van der Waals surface area contributed by atoms with E-state index < -0.39 is 0 Å². The van der Waals surface area contributed by atoms with Gasteiger partial charge >= 0.3 is 0 Å². The number of carbonyl (C=O) groups is 1. The Morgan fingerprint density at radius 2 is 2.00 bits per heavy atom. The van der Waals surface area contributed by atoms with E-state index in [9.17, 15) is 4.79 Å². The number of carbonyl (C=O) groups excluding carboxylic acids is 1. The molecule has 5 nitrogen and oxygen atoms in total. The van der Waals surface area contributed by atoms with Crippen LogP contribution < -0.4 is 5.32 Å². The van der Waals surface area contributed by atoms with Gasteiger partial charge in [-0.3, -0.25) is 10.1 Å². The van der Waals surface area contributed by atoms with Crippen LogP contribution in [-0.4, -0.2) is 20.7 Å². The number of rotatable bonds is 5. The minimum absolute atomic E-state index is 0.157. The van der Waals surface area contributed by atoms with E-state index in [1.807, 2.05) is 29.6 Å². The van der Waals surface area contributed by atoms with Crippen molar-refractivity contribution in [3.05, 3.63) is 64.1 Å². The molecule has 0 aliphatic heterocycles. The molecule has 0 saturated carbocycles. The summed E-state index contributed by atoms with van der Waals surface area (Å²) in [5, 5.41) is 14.6. The van der Waals surface area contributed by atoms with Crippen LogP contribution in [0.25, 0.3) is 10.2 Å². The third kappa shape index (κ3) is 3.27. The average Bonchev–Trinajstić information content (AvgIpc) is 3.33. The Bertz CT molecular complexity index is 1050. The van der Waals surface area contributed by atoms with Gasteiger partial charge in [0.15, 0.2) is 0 Å². The Labute approximate surface area is 159 Å². The first-order valence-electron chi connectivity index (χ1n) is 8.37. The number of anilines is 1. The van der Waals surface area contributed by atoms with Gasteiger partial charge < -0.3 is 4.57 Å². The summed E-state index contributed by atoms with van der Waals surface area (Å²) in [6, 6.07) is 14.2. The zero-order chi connectivity index (χ0) is 18.1. The van der Waals surface area contributed by atoms with Gasteiger partial charge in [0.1, 0.15) is 10.7 Å². The molecule has 0 saturated heterocycles. The normalized spacial score (nSPS) is 11.3. The van der Waals surface area contributed by atoms with Crippen LogP contribution in [-0.2, 0) is 6.54 Å². The highest BCUT2D eigenvalue weighted by Gasteiger charge is 2.18. The van der Waals surface area contributed by atoms with Crippen molar-refractivity contribution in [1.82, 2.24) is 14.8 Å². The lowest BCUT2D eigenvalue weighted by atomic mass is 10.2. The van der Waals surface area contributed by atoms with Crippen molar-refractivity contribution in [3.63, 3.8) is 0 Å². The third-order valence-corrected chi connectivity index (χ3v) is 6.09. The van der Waals surface area contributed by atoms with E-state index in [-0.39, 0.29) is 5.91 Å². The molecule has 0 fully saturated rings. The van der Waals surface area contributed by atoms with Crippen molar-refractivity contribution < 1.29 is 4.79 Å². The first-order valence-corrected chi connectivity index (χ1v) is 10.1. The predicted octanol–water partition coefficient (Wildman–Crippen LogP) is 4.98. The van der Waals surface area contributed by atoms with Crippen LogP contribution in [0.4, 0.5) is 5.13 Å². The van der Waals surface area contributed by atoms with Gasteiger partial charge in [-0.2, -0.15) is 0 Å². The number of fused-ring (bicyclic) bond motifs is 1. The number of hydrogen-bond acceptors (Lipinski definition) is 5. The van der Waals surface area contributed by atoms with Gasteiger partial charge in [-0.05, 0) is 23.1 Å². The molecule has 3 heterocycles. The summed E-state index contributed by atoms with van der Waals surface area (Å²) in [6.07, 6.45) is 0. The maximum Gasteiger partial charge on any atom is 0.274 e. The predicted molar refractivity (Wildman–Crippen MR) is 107 cm³/mol. The average molecular weight is 383 g/mol. The van der Waals surface area contributed by atoms with Crippen LogP contribution in [0.3, 0.4) is 0 Å². The minimum Gasteiger partial charge on any atom is -0.331 e. The largest absolute Gasteiger partial charge is 0.331 e. The van der Waals surface area contributed by atoms with Gasteiger partial charge in [-0.15, -0.1) is 21.5 Å². The Hall–Kier alpha value is -2.51. The monoisotopic (exact) mass is 382 g/mol. The first kappa shape index (κ1) is 16.9. The highest BCUT2D eigenvalue weighted by molar-refractivity contribution is 7.17. The molecule has 1 aromatic carbocycles. The van der Waals surface area contributed by atoms with E-state index in [0.29, 0.717) is 23.3 Å². The summed E-state index contributed by atoms with van der Waals surface area (Å²) in [7, 11) is 0. The number of amides is 1. The summed E-state index contributed by atoms with van der Waals surface area (Å²) in [6.45, 7) is 4.77. The molecule has 0 aliphatic carbocycles. The topological polar surface area (TPSA) is 59.8 Å². The van der Waals surface area contributed by atoms with E-state index in [1.165, 1.54) is 11.3 Å². The van der Waals surface area contributed by atoms with Gasteiger partial charge in [-0.1, -0.05) is 55.5 Å². The lowest BCUT2D eigenvalue weighted by Gasteiger charge is -2.10. The Morgan fingerprint density at radius 3 is 2.73 bits per heavy atom. The van der Waals surface area contributed by atoms with Crippen LogP contribution in [0, 0.1) is 0 Å². The number of aromatic nitrogens is 3. The lowest BCUT2D eigenvalue weighted by molar-refractivity contribution is 0.101. The molecule has 1 N–H and O–H groups in total. The van der Waals surface area contributed by atoms with E-state index in [0.717, 1.165) is 20.8 Å². The highest BCUT2D eigenvalue weighted by Crippen LogP contribution is 2.28. The standard InChI is InChI=1S/C19H18N4OS2/c1-12(2)18-21-22-19(26-18)20-17(24)15-10-16-14(8-9-25-16)23(15)11-13-6-4-3-5-7-13/h3-10,12H,11H2,1-2H3,(H,20,22,24). The molecule has 4 rings (SSSR count). The Kier molecular flexibility index (Phi) is 4.57. The number of nitrogens with one attached hydrogen (secondary N) is 1. The van der Waals surface area contributed by atoms with E-state index >= 15 is 0 Å². The Morgan fingerprint density at radius 1 is 1.19 bits per heavy atom. The SMILES string of the molecule is CC(C)c1nnc(NC(=O)c2cc3sccc3n2Cc2ccccc2)s1. The molecule has 0 spiro atoms. The summed E-state index contributed by atoms with van der Waals surface area (Å²) in [5.41, 5.74) is 2.87. The molecule has 0 unspecified atom stereocenters. The third-order valence-electron chi connectivity index (χ3n) is 4.09. The number of nitrogens with zero attached hydrogens (tertiary/aromatic N) is 3. The fraction of sp³-hybridized carbons (Fsp3) is 0.211. The number of hydrogen-bond donors (Lipinski definition) is 1. The minimum atomic E-state index is -0.157. The summed E-state index contributed by atoms with van der Waals surface area (Å²) < 4.78 is 3.16. The van der Waals surface area contributed by atoms with Gasteiger partial charge in [0.05, 0.1) is 10.2 Å². The zero-order valence-corrected chi connectivity index (χ0v) is 16.1. The van der Waals surface area contributed by atoms with E-state index in [1.54, 1.807) is 11.3 Å². The van der Waals surface area contributed by atoms with E-state index in [2.05, 4.69) is 52.1 Å². The molecule has 0 atom stereocenters. The molecule has 0 bridgehead atoms. The maximum atomic E-state index is 12.9. The second-order valence-corrected chi connectivity index (χ2v) is 8.28. The molecule has 132 valence electrons. The van der Waals surface area contributed by atoms with Crippen LogP contribution in [0.15, 0.2) is 47.8 Å².